The van der Waals surface area contributed by atoms with Gasteiger partial charge in [0.25, 0.3) is 0 Å². The molecule has 0 bridgehead atoms. The van der Waals surface area contributed by atoms with Gasteiger partial charge in [0, 0.05) is 31.1 Å². The Labute approximate surface area is 173 Å². The van der Waals surface area contributed by atoms with Gasteiger partial charge in [-0.05, 0) is 31.0 Å². The summed E-state index contributed by atoms with van der Waals surface area (Å²) in [5.41, 5.74) is -1.65. The van der Waals surface area contributed by atoms with Crippen molar-refractivity contribution >= 4 is 21.6 Å². The molecular formula is C19H16F6N2O3S. The maximum atomic E-state index is 13.7. The Morgan fingerprint density at radius 2 is 1.58 bits per heavy atom. The van der Waals surface area contributed by atoms with E-state index in [4.69, 9.17) is 0 Å². The number of benzene rings is 2. The van der Waals surface area contributed by atoms with Gasteiger partial charge in [0.15, 0.2) is 11.6 Å². The molecule has 1 fully saturated rings. The number of anilines is 1. The van der Waals surface area contributed by atoms with E-state index in [9.17, 15) is 39.6 Å². The van der Waals surface area contributed by atoms with Gasteiger partial charge < -0.3 is 5.32 Å². The van der Waals surface area contributed by atoms with Crippen LogP contribution in [0.2, 0.25) is 0 Å². The lowest BCUT2D eigenvalue weighted by atomic mass is 9.97. The first kappa shape index (κ1) is 23.1. The predicted octanol–water partition coefficient (Wildman–Crippen LogP) is 4.16. The summed E-state index contributed by atoms with van der Waals surface area (Å²) in [6.45, 7) is -0.312. The van der Waals surface area contributed by atoms with Crippen LogP contribution in [0, 0.1) is 23.4 Å². The number of carbonyl (C=O) groups excluding carboxylic acids is 1. The van der Waals surface area contributed by atoms with Gasteiger partial charge in [0.2, 0.25) is 15.9 Å². The van der Waals surface area contributed by atoms with Gasteiger partial charge >= 0.3 is 6.18 Å². The van der Waals surface area contributed by atoms with Gasteiger partial charge in [-0.15, -0.1) is 0 Å². The van der Waals surface area contributed by atoms with Gasteiger partial charge in [-0.25, -0.2) is 21.6 Å². The largest absolute Gasteiger partial charge is 0.416 e. The highest BCUT2D eigenvalue weighted by Gasteiger charge is 2.35. The van der Waals surface area contributed by atoms with Crippen molar-refractivity contribution in [3.8, 4) is 0 Å². The molecule has 2 aromatic rings. The monoisotopic (exact) mass is 466 g/mol. The number of nitrogens with one attached hydrogen (secondary N) is 1. The molecule has 12 heteroatoms. The zero-order valence-corrected chi connectivity index (χ0v) is 16.5. The fourth-order valence-corrected chi connectivity index (χ4v) is 4.71. The van der Waals surface area contributed by atoms with Crippen molar-refractivity contribution < 1.29 is 39.6 Å². The van der Waals surface area contributed by atoms with Crippen LogP contribution in [0.25, 0.3) is 0 Å². The number of hydrogen-bond acceptors (Lipinski definition) is 3. The molecule has 168 valence electrons. The second-order valence-corrected chi connectivity index (χ2v) is 8.88. The second-order valence-electron chi connectivity index (χ2n) is 6.94. The topological polar surface area (TPSA) is 66.5 Å². The Morgan fingerprint density at radius 3 is 2.19 bits per heavy atom. The molecule has 0 unspecified atom stereocenters. The van der Waals surface area contributed by atoms with Gasteiger partial charge in [0.05, 0.1) is 16.1 Å². The SMILES string of the molecule is O=C(Nc1cc(F)c(F)cc1F)C1CCN(S(=O)(=O)c2cccc(C(F)(F)F)c2)CC1. The van der Waals surface area contributed by atoms with Crippen LogP contribution in [0.3, 0.4) is 0 Å². The highest BCUT2D eigenvalue weighted by molar-refractivity contribution is 7.89. The highest BCUT2D eigenvalue weighted by atomic mass is 32.2. The Morgan fingerprint density at radius 1 is 0.968 bits per heavy atom. The number of rotatable bonds is 4. The summed E-state index contributed by atoms with van der Waals surface area (Å²) in [5, 5.41) is 2.14. The van der Waals surface area contributed by atoms with E-state index in [1.165, 1.54) is 0 Å². The summed E-state index contributed by atoms with van der Waals surface area (Å²) in [6.07, 6.45) is -4.68. The Balaban J connectivity index is 1.68. The number of carbonyl (C=O) groups is 1. The molecule has 0 saturated carbocycles. The summed E-state index contributed by atoms with van der Waals surface area (Å²) in [7, 11) is -4.22. The highest BCUT2D eigenvalue weighted by Crippen LogP contribution is 2.32. The lowest BCUT2D eigenvalue weighted by molar-refractivity contribution is -0.137. The average molecular weight is 466 g/mol. The number of piperidine rings is 1. The molecule has 1 amide bonds. The molecule has 0 atom stereocenters. The van der Waals surface area contributed by atoms with Crippen LogP contribution in [0.1, 0.15) is 18.4 Å². The molecule has 0 spiro atoms. The maximum Gasteiger partial charge on any atom is 0.416 e. The fourth-order valence-electron chi connectivity index (χ4n) is 3.19. The molecule has 5 nitrogen and oxygen atoms in total. The zero-order chi connectivity index (χ0) is 23.0. The summed E-state index contributed by atoms with van der Waals surface area (Å²) in [6, 6.07) is 4.12. The van der Waals surface area contributed by atoms with E-state index in [0.29, 0.717) is 12.1 Å². The fraction of sp³-hybridized carbons (Fsp3) is 0.316. The smallest absolute Gasteiger partial charge is 0.323 e. The summed E-state index contributed by atoms with van der Waals surface area (Å²) >= 11 is 0. The molecule has 1 aliphatic rings. The minimum atomic E-state index is -4.70. The molecular weight excluding hydrogens is 450 g/mol. The summed E-state index contributed by atoms with van der Waals surface area (Å²) < 4.78 is 105. The summed E-state index contributed by atoms with van der Waals surface area (Å²) in [5.74, 6) is -5.39. The van der Waals surface area contributed by atoms with Crippen LogP contribution in [-0.4, -0.2) is 31.7 Å². The maximum absolute atomic E-state index is 13.7. The number of alkyl halides is 3. The van der Waals surface area contributed by atoms with Crippen molar-refractivity contribution in [1.29, 1.82) is 0 Å². The van der Waals surface area contributed by atoms with Crippen LogP contribution >= 0.6 is 0 Å². The van der Waals surface area contributed by atoms with Gasteiger partial charge in [0.1, 0.15) is 5.82 Å². The van der Waals surface area contributed by atoms with Crippen LogP contribution < -0.4 is 5.32 Å². The van der Waals surface area contributed by atoms with E-state index in [1.807, 2.05) is 0 Å². The van der Waals surface area contributed by atoms with E-state index < -0.39 is 61.6 Å². The number of nitrogens with zero attached hydrogens (tertiary/aromatic N) is 1. The number of hydrogen-bond donors (Lipinski definition) is 1. The first-order chi connectivity index (χ1) is 14.4. The van der Waals surface area contributed by atoms with E-state index in [0.717, 1.165) is 22.5 Å². The van der Waals surface area contributed by atoms with Crippen LogP contribution in [-0.2, 0) is 21.0 Å². The number of halogens is 6. The van der Waals surface area contributed by atoms with Crippen molar-refractivity contribution in [2.75, 3.05) is 18.4 Å². The lowest BCUT2D eigenvalue weighted by Gasteiger charge is -2.30. The Kier molecular flexibility index (Phi) is 6.33. The van der Waals surface area contributed by atoms with E-state index in [-0.39, 0.29) is 32.0 Å². The first-order valence-electron chi connectivity index (χ1n) is 9.02. The Hall–Kier alpha value is -2.60. The molecule has 2 aromatic carbocycles. The number of sulfonamides is 1. The van der Waals surface area contributed by atoms with Crippen molar-refractivity contribution in [3.63, 3.8) is 0 Å². The van der Waals surface area contributed by atoms with Crippen molar-refractivity contribution in [2.45, 2.75) is 23.9 Å². The normalized spacial score (nSPS) is 16.3. The van der Waals surface area contributed by atoms with E-state index in [1.54, 1.807) is 0 Å². The molecule has 0 aromatic heterocycles. The van der Waals surface area contributed by atoms with Crippen molar-refractivity contribution in [3.05, 3.63) is 59.4 Å². The minimum absolute atomic E-state index is 0.00925. The minimum Gasteiger partial charge on any atom is -0.323 e. The van der Waals surface area contributed by atoms with E-state index >= 15 is 0 Å². The standard InChI is InChI=1S/C19H16F6N2O3S/c20-14-9-16(22)17(10-15(14)21)26-18(28)11-4-6-27(7-5-11)31(29,30)13-3-1-2-12(8-13)19(23,24)25/h1-3,8-11H,4-7H2,(H,26,28). The third-order valence-electron chi connectivity index (χ3n) is 4.89. The molecule has 0 radical (unpaired) electrons. The van der Waals surface area contributed by atoms with Gasteiger partial charge in [-0.2, -0.15) is 17.5 Å². The molecule has 0 aliphatic carbocycles. The average Bonchev–Trinajstić information content (AvgIpc) is 2.71. The molecule has 31 heavy (non-hydrogen) atoms. The third-order valence-corrected chi connectivity index (χ3v) is 6.79. The second kappa shape index (κ2) is 8.50. The van der Waals surface area contributed by atoms with E-state index in [2.05, 4.69) is 5.32 Å². The molecule has 1 heterocycles. The molecule has 1 aliphatic heterocycles. The van der Waals surface area contributed by atoms with Crippen LogP contribution in [0.5, 0.6) is 0 Å². The van der Waals surface area contributed by atoms with Crippen molar-refractivity contribution in [1.82, 2.24) is 4.31 Å². The van der Waals surface area contributed by atoms with Gasteiger partial charge in [-0.3, -0.25) is 4.79 Å². The zero-order valence-electron chi connectivity index (χ0n) is 15.7. The third kappa shape index (κ3) is 5.01. The lowest BCUT2D eigenvalue weighted by Crippen LogP contribution is -2.41. The molecule has 1 saturated heterocycles. The quantitative estimate of drug-likeness (QED) is 0.544. The first-order valence-corrected chi connectivity index (χ1v) is 10.5. The van der Waals surface area contributed by atoms with Crippen molar-refractivity contribution in [2.24, 2.45) is 5.92 Å². The van der Waals surface area contributed by atoms with Gasteiger partial charge in [-0.1, -0.05) is 6.07 Å². The molecule has 3 rings (SSSR count). The molecule has 1 N–H and O–H groups in total. The van der Waals surface area contributed by atoms with Crippen LogP contribution in [0.15, 0.2) is 41.3 Å². The Bertz CT molecular complexity index is 1100. The predicted molar refractivity (Wildman–Crippen MR) is 97.9 cm³/mol. The van der Waals surface area contributed by atoms with Crippen LogP contribution in [0.4, 0.5) is 32.0 Å². The summed E-state index contributed by atoms with van der Waals surface area (Å²) in [4.78, 5) is 11.8. The number of amides is 1.